The van der Waals surface area contributed by atoms with E-state index in [9.17, 15) is 19.2 Å². The van der Waals surface area contributed by atoms with E-state index in [-0.39, 0.29) is 19.4 Å². The summed E-state index contributed by atoms with van der Waals surface area (Å²) >= 11 is 0. The molecule has 0 heterocycles. The lowest BCUT2D eigenvalue weighted by Crippen LogP contribution is -2.52. The maximum absolute atomic E-state index is 12.7. The minimum atomic E-state index is -1.06. The third-order valence-corrected chi connectivity index (χ3v) is 4.67. The molecule has 0 bridgehead atoms. The maximum Gasteiger partial charge on any atom is 0.329 e. The summed E-state index contributed by atoms with van der Waals surface area (Å²) in [5, 5.41) is 5.13. The minimum absolute atomic E-state index is 0.0214. The molecule has 0 radical (unpaired) electrons. The molecular weight excluding hydrogens is 442 g/mol. The Kier molecular flexibility index (Phi) is 16.8. The molecule has 198 valence electrons. The van der Waals surface area contributed by atoms with Crippen LogP contribution in [-0.4, -0.2) is 61.4 Å². The van der Waals surface area contributed by atoms with Crippen LogP contribution in [0.2, 0.25) is 0 Å². The number of hydrogen-bond acceptors (Lipinski definition) is 8. The Morgan fingerprint density at radius 3 is 1.88 bits per heavy atom. The summed E-state index contributed by atoms with van der Waals surface area (Å²) in [4.78, 5) is 49.7. The molecule has 0 aromatic carbocycles. The molecule has 10 heteroatoms. The lowest BCUT2D eigenvalue weighted by molar-refractivity contribution is -0.157. The maximum atomic E-state index is 12.7. The molecule has 34 heavy (non-hydrogen) atoms. The lowest BCUT2D eigenvalue weighted by Gasteiger charge is -2.25. The summed E-state index contributed by atoms with van der Waals surface area (Å²) < 4.78 is 15.8. The van der Waals surface area contributed by atoms with E-state index in [1.54, 1.807) is 20.8 Å². The van der Waals surface area contributed by atoms with Gasteiger partial charge in [0.15, 0.2) is 0 Å². The number of unbranched alkanes of at least 4 members (excludes halogenated alkanes) is 3. The van der Waals surface area contributed by atoms with Crippen molar-refractivity contribution in [1.82, 2.24) is 10.6 Å². The first-order valence-electron chi connectivity index (χ1n) is 12.4. The lowest BCUT2D eigenvalue weighted by atomic mass is 10.1. The fourth-order valence-corrected chi connectivity index (χ4v) is 2.80. The van der Waals surface area contributed by atoms with Crippen molar-refractivity contribution < 1.29 is 33.4 Å². The van der Waals surface area contributed by atoms with Gasteiger partial charge in [0.1, 0.15) is 17.7 Å². The fourth-order valence-electron chi connectivity index (χ4n) is 2.80. The van der Waals surface area contributed by atoms with Crippen LogP contribution in [0, 0.1) is 0 Å². The molecule has 10 nitrogen and oxygen atoms in total. The first-order valence-corrected chi connectivity index (χ1v) is 12.4. The Balaban J connectivity index is 5.14. The van der Waals surface area contributed by atoms with Gasteiger partial charge in [-0.2, -0.15) is 0 Å². The molecule has 0 aliphatic heterocycles. The van der Waals surface area contributed by atoms with E-state index in [4.69, 9.17) is 19.9 Å². The molecule has 0 saturated carbocycles. The smallest absolute Gasteiger partial charge is 0.329 e. The SMILES string of the molecule is CCCCOC(=O)CCC(NC(=O)N[C@@H](CCCCN)C(=O)OC(C)(C)C)C(=O)OCCCC. The quantitative estimate of drug-likeness (QED) is 0.161. The van der Waals surface area contributed by atoms with Gasteiger partial charge in [0.25, 0.3) is 0 Å². The van der Waals surface area contributed by atoms with Crippen molar-refractivity contribution in [2.75, 3.05) is 19.8 Å². The molecule has 0 aliphatic rings. The van der Waals surface area contributed by atoms with Gasteiger partial charge in [0.2, 0.25) is 0 Å². The molecule has 1 unspecified atom stereocenters. The van der Waals surface area contributed by atoms with Crippen LogP contribution in [0.25, 0.3) is 0 Å². The van der Waals surface area contributed by atoms with Crippen molar-refractivity contribution >= 4 is 23.9 Å². The average Bonchev–Trinajstić information content (AvgIpc) is 2.75. The predicted octanol–water partition coefficient (Wildman–Crippen LogP) is 2.96. The van der Waals surface area contributed by atoms with Gasteiger partial charge in [0.05, 0.1) is 13.2 Å². The normalized spacial score (nSPS) is 12.9. The summed E-state index contributed by atoms with van der Waals surface area (Å²) in [6.45, 7) is 10.2. The van der Waals surface area contributed by atoms with Crippen molar-refractivity contribution in [3.63, 3.8) is 0 Å². The van der Waals surface area contributed by atoms with Gasteiger partial charge in [0, 0.05) is 6.42 Å². The highest BCUT2D eigenvalue weighted by Crippen LogP contribution is 2.12. The van der Waals surface area contributed by atoms with E-state index in [1.807, 2.05) is 13.8 Å². The van der Waals surface area contributed by atoms with Crippen LogP contribution in [-0.2, 0) is 28.6 Å². The van der Waals surface area contributed by atoms with Gasteiger partial charge in [-0.15, -0.1) is 0 Å². The van der Waals surface area contributed by atoms with E-state index in [1.165, 1.54) is 0 Å². The highest BCUT2D eigenvalue weighted by Gasteiger charge is 2.29. The summed E-state index contributed by atoms with van der Waals surface area (Å²) in [7, 11) is 0. The van der Waals surface area contributed by atoms with Gasteiger partial charge in [-0.1, -0.05) is 26.7 Å². The number of hydrogen-bond donors (Lipinski definition) is 3. The summed E-state index contributed by atoms with van der Waals surface area (Å²) in [6, 6.07) is -2.68. The number of nitrogens with two attached hydrogens (primary N) is 1. The standard InChI is InChI=1S/C24H45N3O7/c1-6-8-16-32-20(28)14-13-19(21(29)33-17-9-7-2)27-23(31)26-18(12-10-11-15-25)22(30)34-24(3,4)5/h18-19H,6-17,25H2,1-5H3,(H2,26,27,31)/t18-,19?/m0/s1. The number of ether oxygens (including phenoxy) is 3. The van der Waals surface area contributed by atoms with Crippen LogP contribution in [0.1, 0.15) is 92.4 Å². The summed E-state index contributed by atoms with van der Waals surface area (Å²) in [6.07, 6.45) is 4.80. The van der Waals surface area contributed by atoms with Gasteiger partial charge < -0.3 is 30.6 Å². The number of nitrogens with one attached hydrogen (secondary N) is 2. The second-order valence-corrected chi connectivity index (χ2v) is 9.17. The van der Waals surface area contributed by atoms with Gasteiger partial charge in [-0.3, -0.25) is 4.79 Å². The minimum Gasteiger partial charge on any atom is -0.466 e. The van der Waals surface area contributed by atoms with E-state index in [0.29, 0.717) is 38.8 Å². The number of carbonyl (C=O) groups excluding carboxylic acids is 4. The van der Waals surface area contributed by atoms with Crippen molar-refractivity contribution in [2.45, 2.75) is 110 Å². The zero-order valence-electron chi connectivity index (χ0n) is 21.6. The molecule has 0 rings (SSSR count). The molecular formula is C24H45N3O7. The Morgan fingerprint density at radius 2 is 1.35 bits per heavy atom. The number of urea groups is 1. The molecule has 0 saturated heterocycles. The Bertz CT molecular complexity index is 620. The van der Waals surface area contributed by atoms with Gasteiger partial charge in [-0.05, 0) is 65.8 Å². The van der Waals surface area contributed by atoms with E-state index >= 15 is 0 Å². The highest BCUT2D eigenvalue weighted by molar-refractivity contribution is 5.87. The average molecular weight is 488 g/mol. The van der Waals surface area contributed by atoms with Gasteiger partial charge in [-0.25, -0.2) is 14.4 Å². The largest absolute Gasteiger partial charge is 0.466 e. The van der Waals surface area contributed by atoms with Crippen molar-refractivity contribution in [1.29, 1.82) is 0 Å². The third-order valence-electron chi connectivity index (χ3n) is 4.67. The first-order chi connectivity index (χ1) is 16.0. The molecule has 0 aliphatic carbocycles. The van der Waals surface area contributed by atoms with Crippen LogP contribution in [0.15, 0.2) is 0 Å². The second-order valence-electron chi connectivity index (χ2n) is 9.17. The molecule has 2 atom stereocenters. The number of esters is 3. The van der Waals surface area contributed by atoms with Crippen LogP contribution in [0.3, 0.4) is 0 Å². The van der Waals surface area contributed by atoms with Crippen molar-refractivity contribution in [3.8, 4) is 0 Å². The fraction of sp³-hybridized carbons (Fsp3) is 0.833. The van der Waals surface area contributed by atoms with Crippen LogP contribution < -0.4 is 16.4 Å². The van der Waals surface area contributed by atoms with Crippen molar-refractivity contribution in [3.05, 3.63) is 0 Å². The highest BCUT2D eigenvalue weighted by atomic mass is 16.6. The number of amides is 2. The van der Waals surface area contributed by atoms with E-state index < -0.39 is 41.6 Å². The first kappa shape index (κ1) is 31.6. The van der Waals surface area contributed by atoms with E-state index in [0.717, 1.165) is 19.3 Å². The molecule has 4 N–H and O–H groups in total. The molecule has 2 amide bonds. The summed E-state index contributed by atoms with van der Waals surface area (Å²) in [5.41, 5.74) is 4.82. The molecule has 0 aromatic heterocycles. The van der Waals surface area contributed by atoms with Gasteiger partial charge >= 0.3 is 23.9 Å². The Morgan fingerprint density at radius 1 is 0.794 bits per heavy atom. The zero-order chi connectivity index (χ0) is 26.0. The van der Waals surface area contributed by atoms with Crippen LogP contribution in [0.4, 0.5) is 4.79 Å². The van der Waals surface area contributed by atoms with E-state index in [2.05, 4.69) is 10.6 Å². The monoisotopic (exact) mass is 487 g/mol. The topological polar surface area (TPSA) is 146 Å². The predicted molar refractivity (Wildman–Crippen MR) is 129 cm³/mol. The third kappa shape index (κ3) is 16.3. The summed E-state index contributed by atoms with van der Waals surface area (Å²) in [5.74, 6) is -1.65. The number of carbonyl (C=O) groups is 4. The van der Waals surface area contributed by atoms with Crippen molar-refractivity contribution in [2.24, 2.45) is 5.73 Å². The van der Waals surface area contributed by atoms with Crippen LogP contribution >= 0.6 is 0 Å². The van der Waals surface area contributed by atoms with Crippen LogP contribution in [0.5, 0.6) is 0 Å². The Hall–Kier alpha value is -2.36. The molecule has 0 spiro atoms. The molecule has 0 fully saturated rings. The molecule has 0 aromatic rings. The Labute approximate surface area is 204 Å². The zero-order valence-corrected chi connectivity index (χ0v) is 21.6. The number of rotatable bonds is 17. The second kappa shape index (κ2) is 18.0.